The molecule has 1 fully saturated rings. The minimum atomic E-state index is -0.137. The number of nitrogens with zero attached hydrogens (tertiary/aromatic N) is 1. The van der Waals surface area contributed by atoms with Gasteiger partial charge in [-0.05, 0) is 37.7 Å². The van der Waals surface area contributed by atoms with Gasteiger partial charge < -0.3 is 4.98 Å². The van der Waals surface area contributed by atoms with Crippen LogP contribution >= 0.6 is 11.8 Å². The second-order valence-electron chi connectivity index (χ2n) is 8.43. The van der Waals surface area contributed by atoms with Crippen LogP contribution < -0.4 is 5.56 Å². The van der Waals surface area contributed by atoms with E-state index in [4.69, 9.17) is 4.98 Å². The van der Waals surface area contributed by atoms with E-state index in [0.29, 0.717) is 11.1 Å². The lowest BCUT2D eigenvalue weighted by atomic mass is 9.60. The molecule has 4 heteroatoms. The summed E-state index contributed by atoms with van der Waals surface area (Å²) in [5.41, 5.74) is 5.25. The lowest BCUT2D eigenvalue weighted by molar-refractivity contribution is 0.213. The van der Waals surface area contributed by atoms with Gasteiger partial charge >= 0.3 is 0 Å². The minimum absolute atomic E-state index is 0.0480. The fraction of sp³-hybridized carbons (Fsp3) is 0.478. The van der Waals surface area contributed by atoms with Gasteiger partial charge in [0, 0.05) is 16.7 Å². The van der Waals surface area contributed by atoms with Crippen LogP contribution in [0.2, 0.25) is 0 Å². The van der Waals surface area contributed by atoms with Crippen molar-refractivity contribution in [1.29, 1.82) is 0 Å². The number of nitrogens with one attached hydrogen (secondary N) is 1. The van der Waals surface area contributed by atoms with Crippen LogP contribution in [0.3, 0.4) is 0 Å². The summed E-state index contributed by atoms with van der Waals surface area (Å²) >= 11 is 1.56. The first kappa shape index (κ1) is 18.5. The quantitative estimate of drug-likeness (QED) is 0.433. The fourth-order valence-electron chi connectivity index (χ4n) is 4.91. The molecule has 1 heterocycles. The van der Waals surface area contributed by atoms with Gasteiger partial charge in [-0.2, -0.15) is 0 Å². The summed E-state index contributed by atoms with van der Waals surface area (Å²) in [6.45, 7) is 8.26. The molecule has 4 rings (SSSR count). The Morgan fingerprint density at radius 1 is 1.30 bits per heavy atom. The standard InChI is InChI=1S/C23H28N2OS/c1-15(2)14-27-22-24-20-18-12-8-7-9-16(18)13-23(3,19(20)21(26)25-22)17-10-5-4-6-11-17/h7-9,12,17H,1,4-6,10-11,13-14H2,2-3H3,(H,24,25,26)/t23-/m0/s1. The van der Waals surface area contributed by atoms with Crippen LogP contribution in [0.4, 0.5) is 0 Å². The SMILES string of the molecule is C=C(C)CSc1nc2c(c(=O)[nH]1)[C@](C)(C1CCCCC1)Cc1ccccc1-2. The van der Waals surface area contributed by atoms with Crippen molar-refractivity contribution in [2.45, 2.75) is 62.9 Å². The molecule has 1 N–H and O–H groups in total. The van der Waals surface area contributed by atoms with Crippen molar-refractivity contribution in [1.82, 2.24) is 9.97 Å². The molecule has 27 heavy (non-hydrogen) atoms. The van der Waals surface area contributed by atoms with E-state index in [-0.39, 0.29) is 11.0 Å². The molecule has 0 amide bonds. The van der Waals surface area contributed by atoms with E-state index in [9.17, 15) is 4.79 Å². The molecule has 2 aliphatic carbocycles. The van der Waals surface area contributed by atoms with E-state index >= 15 is 0 Å². The number of benzene rings is 1. The van der Waals surface area contributed by atoms with Gasteiger partial charge in [-0.15, -0.1) is 0 Å². The number of thioether (sulfide) groups is 1. The molecule has 2 aromatic rings. The molecule has 0 radical (unpaired) electrons. The van der Waals surface area contributed by atoms with Gasteiger partial charge in [0.1, 0.15) is 0 Å². The molecule has 0 unspecified atom stereocenters. The Hall–Kier alpha value is -1.81. The first-order valence-electron chi connectivity index (χ1n) is 9.99. The molecule has 2 aliphatic rings. The number of H-pyrrole nitrogens is 1. The van der Waals surface area contributed by atoms with Crippen LogP contribution in [0, 0.1) is 5.92 Å². The summed E-state index contributed by atoms with van der Waals surface area (Å²) in [6.07, 6.45) is 7.22. The highest BCUT2D eigenvalue weighted by atomic mass is 32.2. The first-order valence-corrected chi connectivity index (χ1v) is 11.0. The molecule has 1 atom stereocenters. The van der Waals surface area contributed by atoms with Crippen LogP contribution in [0.5, 0.6) is 0 Å². The topological polar surface area (TPSA) is 45.8 Å². The summed E-state index contributed by atoms with van der Waals surface area (Å²) < 4.78 is 0. The first-order chi connectivity index (χ1) is 13.0. The highest BCUT2D eigenvalue weighted by Crippen LogP contribution is 2.48. The summed E-state index contributed by atoms with van der Waals surface area (Å²) in [5.74, 6) is 1.32. The van der Waals surface area contributed by atoms with Crippen molar-refractivity contribution in [2.24, 2.45) is 5.92 Å². The Morgan fingerprint density at radius 2 is 2.04 bits per heavy atom. The Balaban J connectivity index is 1.87. The summed E-state index contributed by atoms with van der Waals surface area (Å²) in [7, 11) is 0. The Kier molecular flexibility index (Phi) is 5.02. The van der Waals surface area contributed by atoms with Crippen molar-refractivity contribution < 1.29 is 0 Å². The largest absolute Gasteiger partial charge is 0.301 e. The highest BCUT2D eigenvalue weighted by Gasteiger charge is 2.44. The molecule has 3 nitrogen and oxygen atoms in total. The number of fused-ring (bicyclic) bond motifs is 3. The Labute approximate surface area is 165 Å². The number of aromatic amines is 1. The zero-order valence-electron chi connectivity index (χ0n) is 16.3. The third-order valence-corrected chi connectivity index (χ3v) is 7.36. The smallest absolute Gasteiger partial charge is 0.255 e. The van der Waals surface area contributed by atoms with Gasteiger partial charge in [0.15, 0.2) is 5.16 Å². The lowest BCUT2D eigenvalue weighted by Crippen LogP contribution is -2.43. The fourth-order valence-corrected chi connectivity index (χ4v) is 5.62. The monoisotopic (exact) mass is 380 g/mol. The van der Waals surface area contributed by atoms with Gasteiger partial charge in [-0.1, -0.05) is 74.4 Å². The summed E-state index contributed by atoms with van der Waals surface area (Å²) in [4.78, 5) is 21.3. The average Bonchev–Trinajstić information content (AvgIpc) is 2.67. The molecule has 142 valence electrons. The van der Waals surface area contributed by atoms with Crippen molar-refractivity contribution in [3.63, 3.8) is 0 Å². The number of hydrogen-bond donors (Lipinski definition) is 1. The van der Waals surface area contributed by atoms with Crippen molar-refractivity contribution >= 4 is 11.8 Å². The van der Waals surface area contributed by atoms with Crippen LogP contribution in [-0.4, -0.2) is 15.7 Å². The molecular formula is C23H28N2OS. The van der Waals surface area contributed by atoms with E-state index in [1.165, 1.54) is 37.7 Å². The second kappa shape index (κ2) is 7.31. The van der Waals surface area contributed by atoms with Gasteiger partial charge in [0.05, 0.1) is 11.3 Å². The van der Waals surface area contributed by atoms with E-state index in [1.54, 1.807) is 11.8 Å². The number of rotatable bonds is 4. The molecule has 1 aromatic heterocycles. The summed E-state index contributed by atoms with van der Waals surface area (Å²) in [6, 6.07) is 8.49. The van der Waals surface area contributed by atoms with Crippen molar-refractivity contribution in [3.8, 4) is 11.3 Å². The van der Waals surface area contributed by atoms with E-state index in [2.05, 4.69) is 42.8 Å². The Morgan fingerprint density at radius 3 is 2.78 bits per heavy atom. The molecule has 0 saturated heterocycles. The van der Waals surface area contributed by atoms with Crippen molar-refractivity contribution in [3.05, 3.63) is 57.9 Å². The van der Waals surface area contributed by atoms with Crippen LogP contribution in [0.25, 0.3) is 11.3 Å². The van der Waals surface area contributed by atoms with Crippen molar-refractivity contribution in [2.75, 3.05) is 5.75 Å². The zero-order chi connectivity index (χ0) is 19.0. The molecular weight excluding hydrogens is 352 g/mol. The molecule has 0 bridgehead atoms. The maximum Gasteiger partial charge on any atom is 0.255 e. The zero-order valence-corrected chi connectivity index (χ0v) is 17.1. The third-order valence-electron chi connectivity index (χ3n) is 6.26. The van der Waals surface area contributed by atoms with Crippen LogP contribution in [0.15, 0.2) is 46.4 Å². The molecule has 0 aliphatic heterocycles. The average molecular weight is 381 g/mol. The highest BCUT2D eigenvalue weighted by molar-refractivity contribution is 7.99. The molecule has 0 spiro atoms. The molecule has 1 saturated carbocycles. The van der Waals surface area contributed by atoms with E-state index in [0.717, 1.165) is 34.6 Å². The van der Waals surface area contributed by atoms with Gasteiger partial charge in [0.2, 0.25) is 0 Å². The summed E-state index contributed by atoms with van der Waals surface area (Å²) in [5, 5.41) is 0.699. The van der Waals surface area contributed by atoms with E-state index in [1.807, 2.05) is 6.92 Å². The lowest BCUT2D eigenvalue weighted by Gasteiger charge is -2.43. The predicted molar refractivity (Wildman–Crippen MR) is 113 cm³/mol. The number of aromatic nitrogens is 2. The van der Waals surface area contributed by atoms with Gasteiger partial charge in [-0.3, -0.25) is 4.79 Å². The molecule has 1 aromatic carbocycles. The van der Waals surface area contributed by atoms with Crippen LogP contribution in [-0.2, 0) is 11.8 Å². The maximum atomic E-state index is 13.3. The van der Waals surface area contributed by atoms with E-state index < -0.39 is 0 Å². The van der Waals surface area contributed by atoms with Gasteiger partial charge in [0.25, 0.3) is 5.56 Å². The predicted octanol–water partition coefficient (Wildman–Crippen LogP) is 5.50. The maximum absolute atomic E-state index is 13.3. The van der Waals surface area contributed by atoms with Crippen LogP contribution in [0.1, 0.15) is 57.1 Å². The number of hydrogen-bond acceptors (Lipinski definition) is 3. The second-order valence-corrected chi connectivity index (χ2v) is 9.39. The Bertz CT molecular complexity index is 926. The van der Waals surface area contributed by atoms with Gasteiger partial charge in [-0.25, -0.2) is 4.98 Å². The normalized spacial score (nSPS) is 22.1. The minimum Gasteiger partial charge on any atom is -0.301 e. The third kappa shape index (κ3) is 3.40.